The van der Waals surface area contributed by atoms with Crippen LogP contribution in [0.1, 0.15) is 123 Å². The Morgan fingerprint density at radius 3 is 2.39 bits per heavy atom. The Morgan fingerprint density at radius 2 is 1.71 bits per heavy atom. The third-order valence-corrected chi connectivity index (χ3v) is 12.5. The van der Waals surface area contributed by atoms with Gasteiger partial charge in [0, 0.05) is 48.6 Å². The van der Waals surface area contributed by atoms with E-state index < -0.39 is 0 Å². The van der Waals surface area contributed by atoms with E-state index in [0.717, 1.165) is 101 Å². The summed E-state index contributed by atoms with van der Waals surface area (Å²) in [6, 6.07) is 13.0. The molecule has 56 heavy (non-hydrogen) atoms. The third kappa shape index (κ3) is 8.70. The SMILES string of the molecule is CCCC(C(=O)NC=O)c1cccc(N2CCC(N3CCC(CCc4ccc(Nc5ncc6c(C)c(C(C)=O)c(=O)n(C7CCCC7)c6n5)nc4)CC3)CC2)c1. The number of fused-ring (bicyclic) bond motifs is 1. The maximum atomic E-state index is 13.6. The molecule has 5 heterocycles. The van der Waals surface area contributed by atoms with E-state index in [1.807, 2.05) is 24.4 Å². The van der Waals surface area contributed by atoms with Crippen molar-refractivity contribution in [3.05, 3.63) is 81.4 Å². The lowest BCUT2D eigenvalue weighted by Crippen LogP contribution is -2.47. The molecule has 7 rings (SSSR count). The van der Waals surface area contributed by atoms with E-state index in [9.17, 15) is 19.2 Å². The largest absolute Gasteiger partial charge is 0.371 e. The summed E-state index contributed by atoms with van der Waals surface area (Å²) in [7, 11) is 0. The second-order valence-corrected chi connectivity index (χ2v) is 16.1. The highest BCUT2D eigenvalue weighted by Gasteiger charge is 2.30. The fourth-order valence-corrected chi connectivity index (χ4v) is 9.37. The van der Waals surface area contributed by atoms with Crippen LogP contribution in [0.5, 0.6) is 0 Å². The first-order chi connectivity index (χ1) is 27.2. The summed E-state index contributed by atoms with van der Waals surface area (Å²) in [5, 5.41) is 6.32. The summed E-state index contributed by atoms with van der Waals surface area (Å²) >= 11 is 0. The number of benzene rings is 1. The lowest BCUT2D eigenvalue weighted by molar-refractivity contribution is -0.126. The lowest BCUT2D eigenvalue weighted by atomic mass is 9.89. The molecule has 2 amide bonds. The molecule has 1 unspecified atom stereocenters. The molecule has 3 aromatic heterocycles. The number of anilines is 3. The average molecular weight is 761 g/mol. The number of piperidine rings is 2. The number of amides is 2. The molecule has 1 atom stereocenters. The number of likely N-dealkylation sites (tertiary alicyclic amines) is 1. The van der Waals surface area contributed by atoms with Gasteiger partial charge in [-0.25, -0.2) is 9.97 Å². The molecule has 3 aliphatic rings. The number of rotatable bonds is 14. The molecule has 0 bridgehead atoms. The maximum Gasteiger partial charge on any atom is 0.263 e. The van der Waals surface area contributed by atoms with Crippen molar-refractivity contribution in [2.24, 2.45) is 5.92 Å². The average Bonchev–Trinajstić information content (AvgIpc) is 3.74. The van der Waals surface area contributed by atoms with Crippen LogP contribution in [0.15, 0.2) is 53.6 Å². The second-order valence-electron chi connectivity index (χ2n) is 16.1. The van der Waals surface area contributed by atoms with Crippen molar-refractivity contribution in [2.45, 2.75) is 116 Å². The van der Waals surface area contributed by atoms with Crippen molar-refractivity contribution < 1.29 is 14.4 Å². The van der Waals surface area contributed by atoms with Gasteiger partial charge in [-0.05, 0) is 126 Å². The monoisotopic (exact) mass is 760 g/mol. The van der Waals surface area contributed by atoms with Crippen molar-refractivity contribution >= 4 is 46.6 Å². The molecular weight excluding hydrogens is 705 g/mol. The highest BCUT2D eigenvalue weighted by Crippen LogP contribution is 2.33. The zero-order valence-corrected chi connectivity index (χ0v) is 33.1. The quantitative estimate of drug-likeness (QED) is 0.102. The van der Waals surface area contributed by atoms with Crippen LogP contribution in [0, 0.1) is 12.8 Å². The fraction of sp³-hybridized carbons (Fsp3) is 0.523. The number of hydrogen-bond donors (Lipinski definition) is 2. The molecule has 1 aliphatic carbocycles. The summed E-state index contributed by atoms with van der Waals surface area (Å²) < 4.78 is 1.73. The molecule has 2 aliphatic heterocycles. The number of nitrogens with one attached hydrogen (secondary N) is 2. The first-order valence-electron chi connectivity index (χ1n) is 20.7. The van der Waals surface area contributed by atoms with Gasteiger partial charge in [-0.3, -0.25) is 29.1 Å². The normalized spacial score (nSPS) is 17.9. The van der Waals surface area contributed by atoms with Gasteiger partial charge in [-0.2, -0.15) is 4.98 Å². The van der Waals surface area contributed by atoms with Crippen molar-refractivity contribution in [3.8, 4) is 0 Å². The minimum atomic E-state index is -0.312. The number of imide groups is 1. The van der Waals surface area contributed by atoms with E-state index >= 15 is 0 Å². The highest BCUT2D eigenvalue weighted by molar-refractivity contribution is 5.99. The van der Waals surface area contributed by atoms with E-state index in [1.54, 1.807) is 17.7 Å². The molecule has 1 aromatic carbocycles. The highest BCUT2D eigenvalue weighted by atomic mass is 16.2. The number of carbonyl (C=O) groups excluding carboxylic acids is 3. The second kappa shape index (κ2) is 17.9. The van der Waals surface area contributed by atoms with Gasteiger partial charge >= 0.3 is 0 Å². The molecule has 0 radical (unpaired) electrons. The molecule has 296 valence electrons. The van der Waals surface area contributed by atoms with Crippen LogP contribution < -0.4 is 21.1 Å². The minimum absolute atomic E-state index is 0.0306. The number of pyridine rings is 2. The van der Waals surface area contributed by atoms with Crippen LogP contribution in [-0.4, -0.2) is 74.7 Å². The summed E-state index contributed by atoms with van der Waals surface area (Å²) in [6.07, 6.45) is 16.5. The lowest BCUT2D eigenvalue weighted by Gasteiger charge is -2.42. The van der Waals surface area contributed by atoms with Gasteiger partial charge < -0.3 is 15.1 Å². The number of nitrogens with zero attached hydrogens (tertiary/aromatic N) is 6. The number of ketones is 1. The topological polar surface area (TPSA) is 142 Å². The Kier molecular flexibility index (Phi) is 12.5. The molecule has 12 heteroatoms. The van der Waals surface area contributed by atoms with E-state index in [0.29, 0.717) is 47.8 Å². The molecule has 1 saturated carbocycles. The van der Waals surface area contributed by atoms with Gasteiger partial charge in [0.05, 0.1) is 11.5 Å². The Morgan fingerprint density at radius 1 is 0.946 bits per heavy atom. The number of aromatic nitrogens is 4. The van der Waals surface area contributed by atoms with E-state index in [-0.39, 0.29) is 34.8 Å². The zero-order valence-electron chi connectivity index (χ0n) is 33.1. The van der Waals surface area contributed by atoms with Crippen molar-refractivity contribution in [2.75, 3.05) is 36.4 Å². The van der Waals surface area contributed by atoms with Crippen LogP contribution in [0.3, 0.4) is 0 Å². The number of aryl methyl sites for hydroxylation is 2. The van der Waals surface area contributed by atoms with Gasteiger partial charge in [0.15, 0.2) is 5.78 Å². The van der Waals surface area contributed by atoms with Crippen molar-refractivity contribution in [1.82, 2.24) is 29.7 Å². The van der Waals surface area contributed by atoms with E-state index in [4.69, 9.17) is 4.98 Å². The van der Waals surface area contributed by atoms with Crippen LogP contribution in [0.25, 0.3) is 11.0 Å². The minimum Gasteiger partial charge on any atom is -0.371 e. The van der Waals surface area contributed by atoms with Crippen LogP contribution in [0.2, 0.25) is 0 Å². The van der Waals surface area contributed by atoms with Crippen LogP contribution in [0.4, 0.5) is 17.5 Å². The molecule has 2 saturated heterocycles. The van der Waals surface area contributed by atoms with Gasteiger partial charge in [-0.1, -0.05) is 44.4 Å². The molecule has 3 fully saturated rings. The summed E-state index contributed by atoms with van der Waals surface area (Å²) in [4.78, 5) is 68.7. The first kappa shape index (κ1) is 39.3. The van der Waals surface area contributed by atoms with E-state index in [1.165, 1.54) is 25.3 Å². The smallest absolute Gasteiger partial charge is 0.263 e. The number of carbonyl (C=O) groups is 3. The van der Waals surface area contributed by atoms with E-state index in [2.05, 4.69) is 55.5 Å². The van der Waals surface area contributed by atoms with Crippen molar-refractivity contribution in [1.29, 1.82) is 0 Å². The van der Waals surface area contributed by atoms with Gasteiger partial charge in [0.2, 0.25) is 18.3 Å². The number of hydrogen-bond acceptors (Lipinski definition) is 10. The Hall–Kier alpha value is -4.97. The third-order valence-electron chi connectivity index (χ3n) is 12.5. The number of Topliss-reactive ketones (excluding diaryl/α,β-unsaturated/α-hetero) is 1. The molecule has 2 N–H and O–H groups in total. The fourth-order valence-electron chi connectivity index (χ4n) is 9.37. The zero-order chi connectivity index (χ0) is 39.2. The van der Waals surface area contributed by atoms with Gasteiger partial charge in [0.25, 0.3) is 5.56 Å². The van der Waals surface area contributed by atoms with Gasteiger partial charge in [-0.15, -0.1) is 0 Å². The molecule has 4 aromatic rings. The van der Waals surface area contributed by atoms with Crippen LogP contribution in [-0.2, 0) is 16.0 Å². The standard InChI is InChI=1S/C44H56N8O4/c1-4-8-37(42(55)47-28-53)33-9-7-12-36(25-33)51-23-19-34(20-24-51)50-21-17-31(18-22-50)13-14-32-15-16-39(45-26-32)48-44-46-27-38-29(2)40(30(3)54)43(56)52(41(38)49-44)35-10-5-6-11-35/h7,9,12,15-16,25-28,31,34-35,37H,4-6,8,10-11,13-14,17-24H2,1-3H3,(H,47,53,55)(H,45,46,48,49). The Labute approximate surface area is 329 Å². The van der Waals surface area contributed by atoms with Crippen LogP contribution >= 0.6 is 0 Å². The summed E-state index contributed by atoms with van der Waals surface area (Å²) in [5.41, 5.74) is 4.52. The molecule has 0 spiro atoms. The Balaban J connectivity index is 0.891. The summed E-state index contributed by atoms with van der Waals surface area (Å²) in [5.74, 6) is 0.961. The summed E-state index contributed by atoms with van der Waals surface area (Å²) in [6.45, 7) is 9.61. The van der Waals surface area contributed by atoms with Crippen molar-refractivity contribution in [3.63, 3.8) is 0 Å². The first-order valence-corrected chi connectivity index (χ1v) is 20.7. The molecular formula is C44H56N8O4. The predicted octanol–water partition coefficient (Wildman–Crippen LogP) is 7.03. The maximum absolute atomic E-state index is 13.6. The van der Waals surface area contributed by atoms with Gasteiger partial charge in [0.1, 0.15) is 11.5 Å². The Bertz CT molecular complexity index is 2080. The molecule has 12 nitrogen and oxygen atoms in total. The predicted molar refractivity (Wildman–Crippen MR) is 220 cm³/mol.